The Morgan fingerprint density at radius 1 is 1.12 bits per heavy atom. The summed E-state index contributed by atoms with van der Waals surface area (Å²) < 4.78 is 44.6. The maximum Gasteiger partial charge on any atom is 0.206 e. The van der Waals surface area contributed by atoms with Crippen molar-refractivity contribution < 1.29 is 17.5 Å². The van der Waals surface area contributed by atoms with Crippen molar-refractivity contribution in [3.05, 3.63) is 53.8 Å². The van der Waals surface area contributed by atoms with Gasteiger partial charge in [0.2, 0.25) is 9.84 Å². The third-order valence-corrected chi connectivity index (χ3v) is 6.26. The fourth-order valence-electron chi connectivity index (χ4n) is 3.33. The Morgan fingerprint density at radius 3 is 2.71 bits per heavy atom. The highest BCUT2D eigenvalue weighted by molar-refractivity contribution is 7.91. The van der Waals surface area contributed by atoms with E-state index in [1.54, 1.807) is 12.1 Å². The van der Waals surface area contributed by atoms with Gasteiger partial charge in [0.05, 0.1) is 9.79 Å². The summed E-state index contributed by atoms with van der Waals surface area (Å²) in [6.45, 7) is 1.71. The fourth-order valence-corrected chi connectivity index (χ4v) is 4.64. The summed E-state index contributed by atoms with van der Waals surface area (Å²) in [6.07, 6.45) is 1.04. The number of rotatable bonds is 2. The number of piperidine rings is 1. The van der Waals surface area contributed by atoms with E-state index in [2.05, 4.69) is 5.32 Å². The first-order valence-electron chi connectivity index (χ1n) is 7.58. The number of benzene rings is 2. The van der Waals surface area contributed by atoms with Gasteiger partial charge in [0.25, 0.3) is 0 Å². The molecule has 2 heterocycles. The molecule has 0 radical (unpaired) electrons. The van der Waals surface area contributed by atoms with Crippen LogP contribution >= 0.6 is 12.4 Å². The first kappa shape index (κ1) is 17.2. The molecule has 0 unspecified atom stereocenters. The second kappa shape index (κ2) is 6.35. The van der Waals surface area contributed by atoms with Crippen LogP contribution < -0.4 is 10.1 Å². The molecule has 0 aromatic heterocycles. The molecule has 0 bridgehead atoms. The lowest BCUT2D eigenvalue weighted by Crippen LogP contribution is -2.39. The van der Waals surface area contributed by atoms with Crippen LogP contribution in [0.2, 0.25) is 0 Å². The van der Waals surface area contributed by atoms with Crippen molar-refractivity contribution >= 4 is 22.2 Å². The molecule has 0 aliphatic carbocycles. The molecule has 0 amide bonds. The van der Waals surface area contributed by atoms with Crippen LogP contribution in [0.5, 0.6) is 5.75 Å². The zero-order valence-corrected chi connectivity index (χ0v) is 14.4. The Labute approximate surface area is 146 Å². The standard InChI is InChI=1S/C17H16FNO3S.ClH/c18-11-2-1-3-12(8-11)23(20,21)13-4-5-14-15-6-7-19-10-17(15)22-16(14)9-13;/h1-5,8-9,15,17,19H,6-7,10H2;1H/t15-,17-;/m0./s1. The highest BCUT2D eigenvalue weighted by atomic mass is 35.5. The fraction of sp³-hybridized carbons (Fsp3) is 0.294. The zero-order chi connectivity index (χ0) is 16.0. The van der Waals surface area contributed by atoms with E-state index >= 15 is 0 Å². The Balaban J connectivity index is 0.00000169. The molecular formula is C17H17ClFNO3S. The van der Waals surface area contributed by atoms with E-state index in [-0.39, 0.29) is 28.3 Å². The van der Waals surface area contributed by atoms with E-state index in [9.17, 15) is 12.8 Å². The molecular weight excluding hydrogens is 353 g/mol. The van der Waals surface area contributed by atoms with Crippen LogP contribution in [0.4, 0.5) is 4.39 Å². The Bertz CT molecular complexity index is 872. The molecule has 2 aliphatic heterocycles. The normalized spacial score (nSPS) is 22.0. The maximum atomic E-state index is 13.3. The van der Waals surface area contributed by atoms with E-state index in [0.717, 1.165) is 31.1 Å². The Kier molecular flexibility index (Phi) is 4.55. The minimum atomic E-state index is -3.75. The quantitative estimate of drug-likeness (QED) is 0.884. The van der Waals surface area contributed by atoms with Gasteiger partial charge in [-0.25, -0.2) is 12.8 Å². The third-order valence-electron chi connectivity index (χ3n) is 4.51. The number of ether oxygens (including phenoxy) is 1. The molecule has 0 saturated carbocycles. The number of hydrogen-bond donors (Lipinski definition) is 1. The molecule has 24 heavy (non-hydrogen) atoms. The average Bonchev–Trinajstić information content (AvgIpc) is 2.92. The second-order valence-electron chi connectivity index (χ2n) is 5.92. The van der Waals surface area contributed by atoms with Gasteiger partial charge in [-0.2, -0.15) is 0 Å². The van der Waals surface area contributed by atoms with E-state index in [0.29, 0.717) is 11.7 Å². The topological polar surface area (TPSA) is 55.4 Å². The lowest BCUT2D eigenvalue weighted by Gasteiger charge is -2.24. The van der Waals surface area contributed by atoms with Crippen molar-refractivity contribution in [2.75, 3.05) is 13.1 Å². The van der Waals surface area contributed by atoms with Crippen molar-refractivity contribution in [1.29, 1.82) is 0 Å². The predicted molar refractivity (Wildman–Crippen MR) is 90.2 cm³/mol. The summed E-state index contributed by atoms with van der Waals surface area (Å²) in [5.74, 6) is 0.374. The van der Waals surface area contributed by atoms with Crippen LogP contribution in [-0.2, 0) is 9.84 Å². The predicted octanol–water partition coefficient (Wildman–Crippen LogP) is 2.92. The first-order chi connectivity index (χ1) is 11.1. The Hall–Kier alpha value is -1.63. The largest absolute Gasteiger partial charge is 0.488 e. The lowest BCUT2D eigenvalue weighted by molar-refractivity contribution is 0.176. The van der Waals surface area contributed by atoms with Gasteiger partial charge >= 0.3 is 0 Å². The van der Waals surface area contributed by atoms with Gasteiger partial charge < -0.3 is 10.1 Å². The molecule has 128 valence electrons. The van der Waals surface area contributed by atoms with Crippen LogP contribution in [0.25, 0.3) is 0 Å². The van der Waals surface area contributed by atoms with Gasteiger partial charge in [-0.15, -0.1) is 12.4 Å². The van der Waals surface area contributed by atoms with Crippen molar-refractivity contribution in [2.24, 2.45) is 0 Å². The second-order valence-corrected chi connectivity index (χ2v) is 7.87. The van der Waals surface area contributed by atoms with Crippen LogP contribution in [0.1, 0.15) is 17.9 Å². The molecule has 2 aromatic carbocycles. The summed E-state index contributed by atoms with van der Waals surface area (Å²) in [4.78, 5) is 0.0861. The summed E-state index contributed by atoms with van der Waals surface area (Å²) in [5.41, 5.74) is 1.06. The minimum absolute atomic E-state index is 0. The van der Waals surface area contributed by atoms with Gasteiger partial charge in [0.15, 0.2) is 0 Å². The van der Waals surface area contributed by atoms with Crippen molar-refractivity contribution in [3.8, 4) is 5.75 Å². The molecule has 1 saturated heterocycles. The van der Waals surface area contributed by atoms with E-state index in [4.69, 9.17) is 4.74 Å². The molecule has 1 fully saturated rings. The van der Waals surface area contributed by atoms with Gasteiger partial charge in [-0.1, -0.05) is 12.1 Å². The lowest BCUT2D eigenvalue weighted by atomic mass is 9.90. The number of nitrogens with one attached hydrogen (secondary N) is 1. The third kappa shape index (κ3) is 2.79. The van der Waals surface area contributed by atoms with Crippen LogP contribution in [0.3, 0.4) is 0 Å². The molecule has 4 rings (SSSR count). The Morgan fingerprint density at radius 2 is 1.92 bits per heavy atom. The van der Waals surface area contributed by atoms with Crippen LogP contribution in [0, 0.1) is 5.82 Å². The van der Waals surface area contributed by atoms with E-state index in [1.807, 2.05) is 6.07 Å². The first-order valence-corrected chi connectivity index (χ1v) is 9.06. The number of fused-ring (bicyclic) bond motifs is 3. The molecule has 1 N–H and O–H groups in total. The average molecular weight is 370 g/mol. The van der Waals surface area contributed by atoms with E-state index < -0.39 is 15.7 Å². The highest BCUT2D eigenvalue weighted by Crippen LogP contribution is 2.42. The molecule has 2 atom stereocenters. The molecule has 0 spiro atoms. The van der Waals surface area contributed by atoms with Crippen molar-refractivity contribution in [3.63, 3.8) is 0 Å². The summed E-state index contributed by atoms with van der Waals surface area (Å²) in [5, 5.41) is 3.28. The molecule has 7 heteroatoms. The number of sulfone groups is 1. The minimum Gasteiger partial charge on any atom is -0.488 e. The smallest absolute Gasteiger partial charge is 0.206 e. The summed E-state index contributed by atoms with van der Waals surface area (Å²) in [6, 6.07) is 10.0. The van der Waals surface area contributed by atoms with Crippen molar-refractivity contribution in [1.82, 2.24) is 5.32 Å². The van der Waals surface area contributed by atoms with Gasteiger partial charge in [-0.05, 0) is 43.3 Å². The van der Waals surface area contributed by atoms with E-state index in [1.165, 1.54) is 18.2 Å². The zero-order valence-electron chi connectivity index (χ0n) is 12.7. The molecule has 4 nitrogen and oxygen atoms in total. The van der Waals surface area contributed by atoms with Gasteiger partial charge in [-0.3, -0.25) is 0 Å². The van der Waals surface area contributed by atoms with Crippen LogP contribution in [-0.4, -0.2) is 27.6 Å². The van der Waals surface area contributed by atoms with Crippen LogP contribution in [0.15, 0.2) is 52.3 Å². The number of halogens is 2. The summed E-state index contributed by atoms with van der Waals surface area (Å²) in [7, 11) is -3.75. The SMILES string of the molecule is Cl.O=S(=O)(c1cccc(F)c1)c1ccc2c(c1)O[C@H]1CNCC[C@@H]21. The molecule has 2 aromatic rings. The highest BCUT2D eigenvalue weighted by Gasteiger charge is 2.36. The maximum absolute atomic E-state index is 13.3. The summed E-state index contributed by atoms with van der Waals surface area (Å²) >= 11 is 0. The number of hydrogen-bond acceptors (Lipinski definition) is 4. The van der Waals surface area contributed by atoms with Crippen molar-refractivity contribution in [2.45, 2.75) is 28.2 Å². The van der Waals surface area contributed by atoms with Gasteiger partial charge in [0, 0.05) is 18.0 Å². The molecule has 2 aliphatic rings. The van der Waals surface area contributed by atoms with Gasteiger partial charge in [0.1, 0.15) is 17.7 Å². The monoisotopic (exact) mass is 369 g/mol.